The van der Waals surface area contributed by atoms with E-state index in [1.165, 1.54) is 0 Å². The fraction of sp³-hybridized carbons (Fsp3) is 0.833. The van der Waals surface area contributed by atoms with Gasteiger partial charge in [0.1, 0.15) is 6.04 Å². The molecule has 0 bridgehead atoms. The molecule has 10 heavy (non-hydrogen) atoms. The van der Waals surface area contributed by atoms with Crippen LogP contribution in [0, 0.1) is 5.92 Å². The third-order valence-corrected chi connectivity index (χ3v) is 1.95. The van der Waals surface area contributed by atoms with Gasteiger partial charge < -0.3 is 15.5 Å². The van der Waals surface area contributed by atoms with Gasteiger partial charge in [-0.2, -0.15) is 0 Å². The van der Waals surface area contributed by atoms with Crippen LogP contribution in [0.5, 0.6) is 0 Å². The lowest BCUT2D eigenvalue weighted by molar-refractivity contribution is -0.140. The zero-order valence-corrected chi connectivity index (χ0v) is 5.74. The molecule has 0 unspecified atom stereocenters. The van der Waals surface area contributed by atoms with Crippen LogP contribution in [0.2, 0.25) is 0 Å². The normalized spacial score (nSPS) is 40.0. The van der Waals surface area contributed by atoms with Gasteiger partial charge in [0.05, 0.1) is 6.10 Å². The van der Waals surface area contributed by atoms with Crippen molar-refractivity contribution in [1.29, 1.82) is 0 Å². The maximum absolute atomic E-state index is 10.4. The number of β-amino-alcohol motifs (C(OH)–C–C–N with tert-alkyl or cyclic N) is 1. The van der Waals surface area contributed by atoms with Crippen molar-refractivity contribution in [2.24, 2.45) is 5.92 Å². The predicted molar refractivity (Wildman–Crippen MR) is 34.6 cm³/mol. The number of rotatable bonds is 1. The Balaban J connectivity index is 2.57. The highest BCUT2D eigenvalue weighted by molar-refractivity contribution is 5.74. The Labute approximate surface area is 58.9 Å². The molecule has 1 saturated heterocycles. The number of nitrogens with one attached hydrogen (secondary N) is 1. The molecule has 1 aliphatic rings. The van der Waals surface area contributed by atoms with E-state index in [0.717, 1.165) is 0 Å². The van der Waals surface area contributed by atoms with E-state index < -0.39 is 18.1 Å². The van der Waals surface area contributed by atoms with E-state index in [-0.39, 0.29) is 5.92 Å². The first-order chi connectivity index (χ1) is 4.63. The number of carbonyl (C=O) groups is 1. The number of carboxylic acids is 1. The van der Waals surface area contributed by atoms with Gasteiger partial charge in [-0.15, -0.1) is 0 Å². The third-order valence-electron chi connectivity index (χ3n) is 1.95. The monoisotopic (exact) mass is 145 g/mol. The highest BCUT2D eigenvalue weighted by Crippen LogP contribution is 2.14. The van der Waals surface area contributed by atoms with Crippen LogP contribution in [-0.2, 0) is 4.79 Å². The van der Waals surface area contributed by atoms with Gasteiger partial charge in [-0.1, -0.05) is 6.92 Å². The molecule has 4 nitrogen and oxygen atoms in total. The second-order valence-corrected chi connectivity index (χ2v) is 2.65. The topological polar surface area (TPSA) is 69.6 Å². The van der Waals surface area contributed by atoms with Crippen molar-refractivity contribution in [2.45, 2.75) is 19.1 Å². The molecule has 0 amide bonds. The average Bonchev–Trinajstić information content (AvgIpc) is 2.14. The Bertz CT molecular complexity index is 148. The number of aliphatic carboxylic acids is 1. The summed E-state index contributed by atoms with van der Waals surface area (Å²) in [4.78, 5) is 10.4. The molecular formula is C6H11NO3. The van der Waals surface area contributed by atoms with Gasteiger partial charge in [0.2, 0.25) is 0 Å². The quantitative estimate of drug-likeness (QED) is 0.444. The number of hydrogen-bond donors (Lipinski definition) is 3. The molecule has 3 N–H and O–H groups in total. The molecule has 0 aromatic carbocycles. The summed E-state index contributed by atoms with van der Waals surface area (Å²) in [5.41, 5.74) is 0. The summed E-state index contributed by atoms with van der Waals surface area (Å²) in [6, 6.07) is -0.574. The largest absolute Gasteiger partial charge is 0.480 e. The van der Waals surface area contributed by atoms with Crippen molar-refractivity contribution in [1.82, 2.24) is 5.32 Å². The summed E-state index contributed by atoms with van der Waals surface area (Å²) in [6.07, 6.45) is -0.513. The van der Waals surface area contributed by atoms with Crippen molar-refractivity contribution in [2.75, 3.05) is 6.54 Å². The minimum atomic E-state index is -0.885. The van der Waals surface area contributed by atoms with Crippen LogP contribution in [0.25, 0.3) is 0 Å². The highest BCUT2D eigenvalue weighted by Gasteiger charge is 2.35. The van der Waals surface area contributed by atoms with Crippen LogP contribution in [0.1, 0.15) is 6.92 Å². The van der Waals surface area contributed by atoms with Gasteiger partial charge in [-0.3, -0.25) is 4.79 Å². The van der Waals surface area contributed by atoms with Gasteiger partial charge in [0, 0.05) is 12.5 Å². The molecule has 1 fully saturated rings. The summed E-state index contributed by atoms with van der Waals surface area (Å²) in [7, 11) is 0. The van der Waals surface area contributed by atoms with Crippen LogP contribution in [-0.4, -0.2) is 34.9 Å². The molecular weight excluding hydrogens is 134 g/mol. The molecule has 3 atom stereocenters. The van der Waals surface area contributed by atoms with E-state index in [4.69, 9.17) is 10.2 Å². The summed E-state index contributed by atoms with van der Waals surface area (Å²) in [6.45, 7) is 2.11. The van der Waals surface area contributed by atoms with Crippen LogP contribution in [0.3, 0.4) is 0 Å². The summed E-state index contributed by atoms with van der Waals surface area (Å²) < 4.78 is 0. The summed E-state index contributed by atoms with van der Waals surface area (Å²) in [5, 5.41) is 20.3. The van der Waals surface area contributed by atoms with Gasteiger partial charge in [-0.05, 0) is 0 Å². The second kappa shape index (κ2) is 2.56. The smallest absolute Gasteiger partial charge is 0.321 e. The molecule has 0 aliphatic carbocycles. The van der Waals surface area contributed by atoms with Crippen molar-refractivity contribution in [3.63, 3.8) is 0 Å². The van der Waals surface area contributed by atoms with E-state index in [1.54, 1.807) is 6.92 Å². The zero-order chi connectivity index (χ0) is 7.72. The Hall–Kier alpha value is -0.610. The van der Waals surface area contributed by atoms with E-state index in [2.05, 4.69) is 5.32 Å². The van der Waals surface area contributed by atoms with Gasteiger partial charge in [-0.25, -0.2) is 0 Å². The van der Waals surface area contributed by atoms with Crippen LogP contribution in [0.4, 0.5) is 0 Å². The number of carboxylic acid groups (broad SMARTS) is 1. The van der Waals surface area contributed by atoms with Gasteiger partial charge >= 0.3 is 5.97 Å². The van der Waals surface area contributed by atoms with Crippen LogP contribution in [0.15, 0.2) is 0 Å². The minimum Gasteiger partial charge on any atom is -0.480 e. The molecule has 0 spiro atoms. The van der Waals surface area contributed by atoms with Crippen molar-refractivity contribution in [3.05, 3.63) is 0 Å². The molecule has 0 aromatic heterocycles. The molecule has 0 radical (unpaired) electrons. The van der Waals surface area contributed by atoms with E-state index in [9.17, 15) is 4.79 Å². The summed E-state index contributed by atoms with van der Waals surface area (Å²) in [5.74, 6) is -1.07. The zero-order valence-electron chi connectivity index (χ0n) is 5.74. The Morgan fingerprint density at radius 3 is 2.50 bits per heavy atom. The van der Waals surface area contributed by atoms with Gasteiger partial charge in [0.15, 0.2) is 0 Å². The summed E-state index contributed by atoms with van der Waals surface area (Å²) >= 11 is 0. The molecule has 1 heterocycles. The fourth-order valence-corrected chi connectivity index (χ4v) is 1.15. The SMILES string of the molecule is C[C@H]1[C@@H](C(=O)O)NC[C@@H]1O. The first-order valence-electron chi connectivity index (χ1n) is 3.27. The molecule has 1 rings (SSSR count). The molecule has 4 heteroatoms. The fourth-order valence-electron chi connectivity index (χ4n) is 1.15. The lowest BCUT2D eigenvalue weighted by atomic mass is 10.0. The number of hydrogen-bond acceptors (Lipinski definition) is 3. The third kappa shape index (κ3) is 1.12. The molecule has 0 aromatic rings. The Kier molecular flexibility index (Phi) is 1.92. The first-order valence-corrected chi connectivity index (χ1v) is 3.27. The van der Waals surface area contributed by atoms with E-state index in [1.807, 2.05) is 0 Å². The van der Waals surface area contributed by atoms with Crippen molar-refractivity contribution < 1.29 is 15.0 Å². The standard InChI is InChI=1S/C6H11NO3/c1-3-4(8)2-7-5(3)6(9)10/h3-5,7-8H,2H2,1H3,(H,9,10)/t3-,4+,5+/m1/s1. The Morgan fingerprint density at radius 2 is 2.30 bits per heavy atom. The average molecular weight is 145 g/mol. The van der Waals surface area contributed by atoms with Gasteiger partial charge in [0.25, 0.3) is 0 Å². The van der Waals surface area contributed by atoms with E-state index in [0.29, 0.717) is 6.54 Å². The highest BCUT2D eigenvalue weighted by atomic mass is 16.4. The minimum absolute atomic E-state index is 0.183. The van der Waals surface area contributed by atoms with Crippen molar-refractivity contribution in [3.8, 4) is 0 Å². The number of aliphatic hydroxyl groups excluding tert-OH is 1. The number of aliphatic hydroxyl groups is 1. The molecule has 1 aliphatic heterocycles. The maximum Gasteiger partial charge on any atom is 0.321 e. The lowest BCUT2D eigenvalue weighted by Gasteiger charge is -2.10. The first kappa shape index (κ1) is 7.50. The molecule has 58 valence electrons. The van der Waals surface area contributed by atoms with E-state index >= 15 is 0 Å². The van der Waals surface area contributed by atoms with Crippen LogP contribution >= 0.6 is 0 Å². The van der Waals surface area contributed by atoms with Crippen molar-refractivity contribution >= 4 is 5.97 Å². The maximum atomic E-state index is 10.4. The predicted octanol–water partition coefficient (Wildman–Crippen LogP) is -0.960. The second-order valence-electron chi connectivity index (χ2n) is 2.65. The molecule has 0 saturated carbocycles. The Morgan fingerprint density at radius 1 is 1.70 bits per heavy atom. The van der Waals surface area contributed by atoms with Crippen LogP contribution < -0.4 is 5.32 Å². The lowest BCUT2D eigenvalue weighted by Crippen LogP contribution is -2.34.